The van der Waals surface area contributed by atoms with Crippen LogP contribution in [0.4, 0.5) is 24.7 Å². The van der Waals surface area contributed by atoms with E-state index in [9.17, 15) is 23.1 Å². The fourth-order valence-corrected chi connectivity index (χ4v) is 3.83. The summed E-state index contributed by atoms with van der Waals surface area (Å²) < 4.78 is 47.4. The summed E-state index contributed by atoms with van der Waals surface area (Å²) in [4.78, 5) is 12.7. The molecule has 11 heteroatoms. The van der Waals surface area contributed by atoms with Crippen molar-refractivity contribution >= 4 is 29.0 Å². The van der Waals surface area contributed by atoms with Crippen molar-refractivity contribution in [1.29, 1.82) is 0 Å². The second-order valence-electron chi connectivity index (χ2n) is 7.22. The minimum absolute atomic E-state index is 0.0841. The van der Waals surface area contributed by atoms with Crippen LogP contribution in [0.2, 0.25) is 5.02 Å². The second-order valence-corrected chi connectivity index (χ2v) is 7.60. The number of anilines is 2. The predicted molar refractivity (Wildman–Crippen MR) is 112 cm³/mol. The summed E-state index contributed by atoms with van der Waals surface area (Å²) >= 11 is 6.31. The molecule has 1 aliphatic heterocycles. The van der Waals surface area contributed by atoms with Crippen molar-refractivity contribution in [2.24, 2.45) is 0 Å². The monoisotopic (exact) mass is 466 g/mol. The van der Waals surface area contributed by atoms with Gasteiger partial charge in [0.1, 0.15) is 22.3 Å². The number of phenolic OH excluding ortho intramolecular Hbond substituents is 1. The van der Waals surface area contributed by atoms with E-state index in [1.165, 1.54) is 31.4 Å². The number of methoxy groups -OCH3 is 1. The Balaban J connectivity index is 1.68. The Morgan fingerprint density at radius 1 is 1.28 bits per heavy atom. The highest BCUT2D eigenvalue weighted by Gasteiger charge is 2.47. The number of aromatic hydroxyl groups is 1. The number of carbonyl (C=O) groups excluding carboxylic acids is 1. The van der Waals surface area contributed by atoms with Crippen molar-refractivity contribution < 1.29 is 27.8 Å². The molecule has 0 aliphatic carbocycles. The summed E-state index contributed by atoms with van der Waals surface area (Å²) in [7, 11) is 1.50. The van der Waals surface area contributed by atoms with Gasteiger partial charge in [-0.05, 0) is 29.8 Å². The molecule has 1 aromatic heterocycles. The average molecular weight is 467 g/mol. The van der Waals surface area contributed by atoms with E-state index in [1.54, 1.807) is 24.3 Å². The molecule has 0 spiro atoms. The summed E-state index contributed by atoms with van der Waals surface area (Å²) in [5.74, 6) is -0.404. The van der Waals surface area contributed by atoms with E-state index in [-0.39, 0.29) is 34.4 Å². The fraction of sp³-hybridized carbons (Fsp3) is 0.238. The predicted octanol–water partition coefficient (Wildman–Crippen LogP) is 5.16. The van der Waals surface area contributed by atoms with E-state index in [0.717, 1.165) is 0 Å². The first kappa shape index (κ1) is 21.8. The van der Waals surface area contributed by atoms with E-state index in [0.29, 0.717) is 16.0 Å². The first-order valence-corrected chi connectivity index (χ1v) is 9.90. The van der Waals surface area contributed by atoms with E-state index < -0.39 is 24.2 Å². The standard InChI is InChI=1S/C21H18ClF3N4O3/c1-32-14-7-5-11(6-8-14)15-10-16(21(23,24)25)29-19(27-15)17(22)18(28-29)20(31)26-12-3-2-4-13(30)9-12/h2-9,15-16,27,30H,10H2,1H3,(H,26,31)/t15-,16+/m0/s1. The zero-order valence-electron chi connectivity index (χ0n) is 16.7. The second kappa shape index (κ2) is 8.27. The average Bonchev–Trinajstić information content (AvgIpc) is 3.09. The van der Waals surface area contributed by atoms with Gasteiger partial charge in [-0.1, -0.05) is 29.8 Å². The highest BCUT2D eigenvalue weighted by atomic mass is 35.5. The Labute approximate surface area is 185 Å². The first-order chi connectivity index (χ1) is 15.2. The molecule has 168 valence electrons. The van der Waals surface area contributed by atoms with E-state index in [4.69, 9.17) is 16.3 Å². The van der Waals surface area contributed by atoms with Crippen LogP contribution in [0.15, 0.2) is 48.5 Å². The summed E-state index contributed by atoms with van der Waals surface area (Å²) in [6.45, 7) is 0. The lowest BCUT2D eigenvalue weighted by atomic mass is 9.97. The molecule has 2 aromatic carbocycles. The van der Waals surface area contributed by atoms with Crippen LogP contribution >= 0.6 is 11.6 Å². The molecule has 1 amide bonds. The zero-order chi connectivity index (χ0) is 23.0. The maximum Gasteiger partial charge on any atom is 0.410 e. The number of amides is 1. The number of carbonyl (C=O) groups is 1. The van der Waals surface area contributed by atoms with Gasteiger partial charge in [0.05, 0.1) is 13.2 Å². The molecule has 7 nitrogen and oxygen atoms in total. The van der Waals surface area contributed by atoms with Crippen molar-refractivity contribution in [2.45, 2.75) is 24.7 Å². The SMILES string of the molecule is COc1ccc([C@@H]2C[C@H](C(F)(F)F)n3nc(C(=O)Nc4cccc(O)c4)c(Cl)c3N2)cc1. The van der Waals surface area contributed by atoms with Crippen LogP contribution in [0.1, 0.15) is 34.6 Å². The molecular weight excluding hydrogens is 449 g/mol. The molecular formula is C21H18ClF3N4O3. The van der Waals surface area contributed by atoms with Gasteiger partial charge in [-0.25, -0.2) is 4.68 Å². The van der Waals surface area contributed by atoms with Gasteiger partial charge in [0.25, 0.3) is 5.91 Å². The van der Waals surface area contributed by atoms with Crippen molar-refractivity contribution in [1.82, 2.24) is 9.78 Å². The molecule has 0 radical (unpaired) electrons. The number of halogens is 4. The molecule has 3 aromatic rings. The minimum atomic E-state index is -4.62. The lowest BCUT2D eigenvalue weighted by Crippen LogP contribution is -2.35. The Morgan fingerprint density at radius 2 is 2.00 bits per heavy atom. The van der Waals surface area contributed by atoms with Crippen LogP contribution in [-0.4, -0.2) is 34.1 Å². The van der Waals surface area contributed by atoms with E-state index >= 15 is 0 Å². The van der Waals surface area contributed by atoms with Gasteiger partial charge in [0.15, 0.2) is 11.7 Å². The summed E-state index contributed by atoms with van der Waals surface area (Å²) in [5.41, 5.74) is 0.491. The number of phenols is 1. The topological polar surface area (TPSA) is 88.4 Å². The maximum absolute atomic E-state index is 13.9. The quantitative estimate of drug-likeness (QED) is 0.494. The van der Waals surface area contributed by atoms with Gasteiger partial charge >= 0.3 is 6.18 Å². The van der Waals surface area contributed by atoms with Gasteiger partial charge in [0.2, 0.25) is 0 Å². The zero-order valence-corrected chi connectivity index (χ0v) is 17.4. The first-order valence-electron chi connectivity index (χ1n) is 9.53. The van der Waals surface area contributed by atoms with Crippen LogP contribution in [0.25, 0.3) is 0 Å². The van der Waals surface area contributed by atoms with Crippen molar-refractivity contribution in [3.63, 3.8) is 0 Å². The van der Waals surface area contributed by atoms with Crippen molar-refractivity contribution in [2.75, 3.05) is 17.7 Å². The molecule has 0 fully saturated rings. The molecule has 1 aliphatic rings. The summed E-state index contributed by atoms with van der Waals surface area (Å²) in [5, 5.41) is 18.6. The lowest BCUT2D eigenvalue weighted by molar-refractivity contribution is -0.173. The maximum atomic E-state index is 13.9. The van der Waals surface area contributed by atoms with Gasteiger partial charge in [-0.15, -0.1) is 0 Å². The summed E-state index contributed by atoms with van der Waals surface area (Å²) in [6.07, 6.45) is -4.95. The number of alkyl halides is 3. The summed E-state index contributed by atoms with van der Waals surface area (Å²) in [6, 6.07) is 9.67. The van der Waals surface area contributed by atoms with Crippen LogP contribution < -0.4 is 15.4 Å². The van der Waals surface area contributed by atoms with Gasteiger partial charge in [-0.2, -0.15) is 18.3 Å². The minimum Gasteiger partial charge on any atom is -0.508 e. The molecule has 0 saturated heterocycles. The molecule has 0 unspecified atom stereocenters. The molecule has 3 N–H and O–H groups in total. The molecule has 4 rings (SSSR count). The van der Waals surface area contributed by atoms with Gasteiger partial charge in [0, 0.05) is 18.2 Å². The number of aromatic nitrogens is 2. The third-order valence-corrected chi connectivity index (χ3v) is 5.49. The highest BCUT2D eigenvalue weighted by Crippen LogP contribution is 2.46. The van der Waals surface area contributed by atoms with Crippen molar-refractivity contribution in [3.8, 4) is 11.5 Å². The molecule has 2 heterocycles. The molecule has 32 heavy (non-hydrogen) atoms. The third-order valence-electron chi connectivity index (χ3n) is 5.13. The number of ether oxygens (including phenoxy) is 1. The van der Waals surface area contributed by atoms with Crippen molar-refractivity contribution in [3.05, 3.63) is 64.8 Å². The Morgan fingerprint density at radius 3 is 2.62 bits per heavy atom. The van der Waals surface area contributed by atoms with E-state index in [1.807, 2.05) is 0 Å². The number of nitrogens with one attached hydrogen (secondary N) is 2. The fourth-order valence-electron chi connectivity index (χ4n) is 3.56. The Hall–Kier alpha value is -3.40. The number of hydrogen-bond acceptors (Lipinski definition) is 5. The van der Waals surface area contributed by atoms with Gasteiger partial charge < -0.3 is 20.5 Å². The van der Waals surface area contributed by atoms with Crippen LogP contribution in [-0.2, 0) is 0 Å². The lowest BCUT2D eigenvalue weighted by Gasteiger charge is -2.33. The molecule has 2 atom stereocenters. The number of rotatable bonds is 4. The number of nitrogens with zero attached hydrogens (tertiary/aromatic N) is 2. The Kier molecular flexibility index (Phi) is 5.64. The third kappa shape index (κ3) is 4.18. The molecule has 0 bridgehead atoms. The van der Waals surface area contributed by atoms with Crippen LogP contribution in [0, 0.1) is 0 Å². The van der Waals surface area contributed by atoms with Crippen LogP contribution in [0.3, 0.4) is 0 Å². The van der Waals surface area contributed by atoms with Crippen LogP contribution in [0.5, 0.6) is 11.5 Å². The Bertz CT molecular complexity index is 1150. The smallest absolute Gasteiger partial charge is 0.410 e. The number of fused-ring (bicyclic) bond motifs is 1. The largest absolute Gasteiger partial charge is 0.508 e. The normalized spacial score (nSPS) is 17.9. The van der Waals surface area contributed by atoms with E-state index in [2.05, 4.69) is 15.7 Å². The number of hydrogen-bond donors (Lipinski definition) is 3. The van der Waals surface area contributed by atoms with Gasteiger partial charge in [-0.3, -0.25) is 4.79 Å². The number of benzene rings is 2. The highest BCUT2D eigenvalue weighted by molar-refractivity contribution is 6.36. The molecule has 0 saturated carbocycles.